The molecule has 0 unspecified atom stereocenters. The molecule has 0 aliphatic carbocycles. The predicted molar refractivity (Wildman–Crippen MR) is 75.4 cm³/mol. The van der Waals surface area contributed by atoms with Gasteiger partial charge in [-0.3, -0.25) is 0 Å². The number of rotatable bonds is 5. The van der Waals surface area contributed by atoms with Gasteiger partial charge in [0.05, 0.1) is 12.6 Å². The highest BCUT2D eigenvalue weighted by Gasteiger charge is 2.00. The Hall–Kier alpha value is -2.14. The third-order valence-corrected chi connectivity index (χ3v) is 2.39. The minimum absolute atomic E-state index is 0.174. The third kappa shape index (κ3) is 3.93. The molecule has 0 bridgehead atoms. The molecule has 0 atom stereocenters. The van der Waals surface area contributed by atoms with Crippen LogP contribution in [-0.4, -0.2) is 16.1 Å². The molecule has 19 heavy (non-hydrogen) atoms. The lowest BCUT2D eigenvalue weighted by molar-refractivity contribution is 0.242. The minimum atomic E-state index is 0.174. The van der Waals surface area contributed by atoms with E-state index in [0.29, 0.717) is 12.4 Å². The fraction of sp³-hybridized carbons (Fsp3) is 0.286. The van der Waals surface area contributed by atoms with Gasteiger partial charge in [-0.2, -0.15) is 0 Å². The van der Waals surface area contributed by atoms with Crippen molar-refractivity contribution in [3.8, 4) is 5.75 Å². The summed E-state index contributed by atoms with van der Waals surface area (Å²) < 4.78 is 5.59. The molecule has 0 fully saturated rings. The second kappa shape index (κ2) is 6.15. The maximum Gasteiger partial charge on any atom is 0.144 e. The zero-order valence-corrected chi connectivity index (χ0v) is 11.1. The Morgan fingerprint density at radius 1 is 1.21 bits per heavy atom. The summed E-state index contributed by atoms with van der Waals surface area (Å²) in [5.41, 5.74) is 6.45. The number of ether oxygens (including phenoxy) is 1. The van der Waals surface area contributed by atoms with E-state index >= 15 is 0 Å². The Labute approximate surface area is 112 Å². The fourth-order valence-electron chi connectivity index (χ4n) is 1.60. The molecule has 3 N–H and O–H groups in total. The average Bonchev–Trinajstić information content (AvgIpc) is 2.41. The summed E-state index contributed by atoms with van der Waals surface area (Å²) in [4.78, 5) is 8.33. The van der Waals surface area contributed by atoms with E-state index in [9.17, 15) is 0 Å². The molecule has 5 nitrogen and oxygen atoms in total. The molecule has 1 heterocycles. The van der Waals surface area contributed by atoms with Gasteiger partial charge in [-0.1, -0.05) is 0 Å². The van der Waals surface area contributed by atoms with Crippen LogP contribution in [0.15, 0.2) is 36.5 Å². The molecule has 5 heteroatoms. The van der Waals surface area contributed by atoms with Gasteiger partial charge in [-0.25, -0.2) is 9.97 Å². The molecule has 0 saturated carbocycles. The van der Waals surface area contributed by atoms with E-state index < -0.39 is 0 Å². The van der Waals surface area contributed by atoms with Crippen LogP contribution >= 0.6 is 0 Å². The molecule has 2 rings (SSSR count). The van der Waals surface area contributed by atoms with Crippen molar-refractivity contribution < 1.29 is 4.74 Å². The van der Waals surface area contributed by atoms with Crippen molar-refractivity contribution in [3.05, 3.63) is 42.4 Å². The first-order valence-corrected chi connectivity index (χ1v) is 6.23. The number of aromatic nitrogens is 2. The van der Waals surface area contributed by atoms with Crippen LogP contribution in [0, 0.1) is 0 Å². The van der Waals surface area contributed by atoms with Crippen LogP contribution in [0.3, 0.4) is 0 Å². The lowest BCUT2D eigenvalue weighted by Crippen LogP contribution is -2.06. The molecule has 2 aromatic rings. The second-order valence-corrected chi connectivity index (χ2v) is 4.38. The van der Waals surface area contributed by atoms with E-state index in [1.165, 1.54) is 0 Å². The van der Waals surface area contributed by atoms with Crippen molar-refractivity contribution in [2.45, 2.75) is 26.5 Å². The van der Waals surface area contributed by atoms with Gasteiger partial charge in [-0.05, 0) is 44.2 Å². The quantitative estimate of drug-likeness (QED) is 0.861. The van der Waals surface area contributed by atoms with Crippen molar-refractivity contribution in [1.29, 1.82) is 0 Å². The van der Waals surface area contributed by atoms with Gasteiger partial charge in [0, 0.05) is 11.9 Å². The summed E-state index contributed by atoms with van der Waals surface area (Å²) in [5.74, 6) is 2.20. The topological polar surface area (TPSA) is 73.1 Å². The van der Waals surface area contributed by atoms with E-state index in [2.05, 4.69) is 15.3 Å². The van der Waals surface area contributed by atoms with Gasteiger partial charge in [0.1, 0.15) is 17.4 Å². The van der Waals surface area contributed by atoms with Crippen molar-refractivity contribution in [2.75, 3.05) is 5.32 Å². The van der Waals surface area contributed by atoms with Gasteiger partial charge in [-0.15, -0.1) is 0 Å². The van der Waals surface area contributed by atoms with Crippen molar-refractivity contribution in [1.82, 2.24) is 9.97 Å². The number of nitrogens with zero attached hydrogens (tertiary/aromatic N) is 2. The standard InChI is InChI=1S/C14H18N4O/c1-10(2)19-12-5-3-11(4-6-12)17-13-7-8-16-14(9-15)18-13/h3-8,10H,9,15H2,1-2H3,(H,16,17,18). The maximum absolute atomic E-state index is 5.59. The summed E-state index contributed by atoms with van der Waals surface area (Å²) in [6, 6.07) is 9.54. The summed E-state index contributed by atoms with van der Waals surface area (Å²) in [5, 5.41) is 3.20. The summed E-state index contributed by atoms with van der Waals surface area (Å²) in [7, 11) is 0. The second-order valence-electron chi connectivity index (χ2n) is 4.38. The Bertz CT molecular complexity index is 525. The largest absolute Gasteiger partial charge is 0.491 e. The molecule has 1 aromatic carbocycles. The SMILES string of the molecule is CC(C)Oc1ccc(Nc2ccnc(CN)n2)cc1. The highest BCUT2D eigenvalue weighted by atomic mass is 16.5. The first-order chi connectivity index (χ1) is 9.17. The van der Waals surface area contributed by atoms with Gasteiger partial charge < -0.3 is 15.8 Å². The Kier molecular flexibility index (Phi) is 4.30. The predicted octanol–water partition coefficient (Wildman–Crippen LogP) is 2.47. The molecule has 0 aliphatic rings. The first-order valence-electron chi connectivity index (χ1n) is 6.23. The van der Waals surface area contributed by atoms with E-state index in [0.717, 1.165) is 17.3 Å². The molecule has 0 radical (unpaired) electrons. The zero-order chi connectivity index (χ0) is 13.7. The van der Waals surface area contributed by atoms with Gasteiger partial charge >= 0.3 is 0 Å². The van der Waals surface area contributed by atoms with E-state index in [1.54, 1.807) is 12.3 Å². The molecule has 0 spiro atoms. The highest BCUT2D eigenvalue weighted by molar-refractivity contribution is 5.56. The number of hydrogen-bond acceptors (Lipinski definition) is 5. The van der Waals surface area contributed by atoms with Gasteiger partial charge in [0.15, 0.2) is 0 Å². The molecule has 1 aromatic heterocycles. The maximum atomic E-state index is 5.59. The molecule has 0 amide bonds. The van der Waals surface area contributed by atoms with E-state index in [-0.39, 0.29) is 6.10 Å². The number of nitrogens with two attached hydrogens (primary N) is 1. The van der Waals surface area contributed by atoms with Crippen molar-refractivity contribution in [3.63, 3.8) is 0 Å². The molecule has 100 valence electrons. The Morgan fingerprint density at radius 3 is 2.58 bits per heavy atom. The smallest absolute Gasteiger partial charge is 0.144 e. The Balaban J connectivity index is 2.06. The summed E-state index contributed by atoms with van der Waals surface area (Å²) >= 11 is 0. The third-order valence-electron chi connectivity index (χ3n) is 2.39. The molecule has 0 aliphatic heterocycles. The monoisotopic (exact) mass is 258 g/mol. The van der Waals surface area contributed by atoms with Crippen LogP contribution in [0.4, 0.5) is 11.5 Å². The van der Waals surface area contributed by atoms with Crippen LogP contribution in [-0.2, 0) is 6.54 Å². The van der Waals surface area contributed by atoms with Crippen LogP contribution in [0.1, 0.15) is 19.7 Å². The average molecular weight is 258 g/mol. The highest BCUT2D eigenvalue weighted by Crippen LogP contribution is 2.19. The van der Waals surface area contributed by atoms with Crippen LogP contribution in [0.5, 0.6) is 5.75 Å². The summed E-state index contributed by atoms with van der Waals surface area (Å²) in [6.45, 7) is 4.33. The van der Waals surface area contributed by atoms with Crippen LogP contribution in [0.2, 0.25) is 0 Å². The van der Waals surface area contributed by atoms with Crippen LogP contribution < -0.4 is 15.8 Å². The van der Waals surface area contributed by atoms with E-state index in [1.807, 2.05) is 38.1 Å². The number of hydrogen-bond donors (Lipinski definition) is 2. The molecular weight excluding hydrogens is 240 g/mol. The van der Waals surface area contributed by atoms with E-state index in [4.69, 9.17) is 10.5 Å². The lowest BCUT2D eigenvalue weighted by atomic mass is 10.3. The number of nitrogens with one attached hydrogen (secondary N) is 1. The number of benzene rings is 1. The number of anilines is 2. The first kappa shape index (κ1) is 13.3. The molecule has 0 saturated heterocycles. The van der Waals surface area contributed by atoms with Crippen molar-refractivity contribution in [2.24, 2.45) is 5.73 Å². The minimum Gasteiger partial charge on any atom is -0.491 e. The van der Waals surface area contributed by atoms with Gasteiger partial charge in [0.2, 0.25) is 0 Å². The zero-order valence-electron chi connectivity index (χ0n) is 11.1. The van der Waals surface area contributed by atoms with Crippen molar-refractivity contribution >= 4 is 11.5 Å². The van der Waals surface area contributed by atoms with Crippen LogP contribution in [0.25, 0.3) is 0 Å². The van der Waals surface area contributed by atoms with Gasteiger partial charge in [0.25, 0.3) is 0 Å². The fourth-order valence-corrected chi connectivity index (χ4v) is 1.60. The Morgan fingerprint density at radius 2 is 1.95 bits per heavy atom. The molecular formula is C14H18N4O. The summed E-state index contributed by atoms with van der Waals surface area (Å²) in [6.07, 6.45) is 1.86. The normalized spacial score (nSPS) is 10.5. The lowest BCUT2D eigenvalue weighted by Gasteiger charge is -2.11.